The molecular formula is C14H28N2O. The first kappa shape index (κ1) is 13.3. The monoisotopic (exact) mass is 240 g/mol. The van der Waals surface area contributed by atoms with Gasteiger partial charge in [0.1, 0.15) is 0 Å². The largest absolute Gasteiger partial charge is 0.376 e. The number of ether oxygens (including phenoxy) is 1. The summed E-state index contributed by atoms with van der Waals surface area (Å²) in [5.41, 5.74) is 6.79. The Hall–Kier alpha value is -0.120. The highest BCUT2D eigenvalue weighted by molar-refractivity contribution is 4.97. The predicted molar refractivity (Wildman–Crippen MR) is 71.0 cm³/mol. The van der Waals surface area contributed by atoms with Crippen molar-refractivity contribution < 1.29 is 4.74 Å². The molecule has 1 saturated carbocycles. The Morgan fingerprint density at radius 2 is 2.18 bits per heavy atom. The van der Waals surface area contributed by atoms with Crippen molar-refractivity contribution in [3.63, 3.8) is 0 Å². The van der Waals surface area contributed by atoms with Gasteiger partial charge in [0.25, 0.3) is 0 Å². The van der Waals surface area contributed by atoms with Gasteiger partial charge in [0, 0.05) is 25.2 Å². The van der Waals surface area contributed by atoms with Gasteiger partial charge < -0.3 is 10.5 Å². The smallest absolute Gasteiger partial charge is 0.0700 e. The van der Waals surface area contributed by atoms with E-state index in [0.717, 1.165) is 26.1 Å². The molecule has 2 aliphatic rings. The third kappa shape index (κ3) is 2.83. The summed E-state index contributed by atoms with van der Waals surface area (Å²) < 4.78 is 5.75. The lowest BCUT2D eigenvalue weighted by Crippen LogP contribution is -2.60. The summed E-state index contributed by atoms with van der Waals surface area (Å²) in [6.45, 7) is 9.86. The third-order valence-electron chi connectivity index (χ3n) is 4.73. The van der Waals surface area contributed by atoms with E-state index in [4.69, 9.17) is 10.5 Å². The van der Waals surface area contributed by atoms with Crippen molar-refractivity contribution in [2.75, 3.05) is 19.7 Å². The van der Waals surface area contributed by atoms with Crippen LogP contribution in [0.2, 0.25) is 0 Å². The van der Waals surface area contributed by atoms with Gasteiger partial charge in [-0.1, -0.05) is 27.2 Å². The maximum Gasteiger partial charge on any atom is 0.0700 e. The van der Waals surface area contributed by atoms with Gasteiger partial charge in [-0.15, -0.1) is 0 Å². The summed E-state index contributed by atoms with van der Waals surface area (Å²) in [6, 6.07) is 0.878. The summed E-state index contributed by atoms with van der Waals surface area (Å²) in [5.74, 6) is 0. The number of hydrogen-bond donors (Lipinski definition) is 1. The van der Waals surface area contributed by atoms with Gasteiger partial charge >= 0.3 is 0 Å². The van der Waals surface area contributed by atoms with Crippen LogP contribution in [0.1, 0.15) is 46.5 Å². The fourth-order valence-corrected chi connectivity index (χ4v) is 3.33. The first-order chi connectivity index (χ1) is 8.04. The fraction of sp³-hybridized carbons (Fsp3) is 1.00. The van der Waals surface area contributed by atoms with Crippen LogP contribution in [0.3, 0.4) is 0 Å². The van der Waals surface area contributed by atoms with Gasteiger partial charge in [-0.3, -0.25) is 4.90 Å². The van der Waals surface area contributed by atoms with Gasteiger partial charge in [-0.2, -0.15) is 0 Å². The van der Waals surface area contributed by atoms with Crippen LogP contribution >= 0.6 is 0 Å². The lowest BCUT2D eigenvalue weighted by Gasteiger charge is -2.48. The van der Waals surface area contributed by atoms with Crippen LogP contribution < -0.4 is 5.73 Å². The molecule has 0 aromatic rings. The van der Waals surface area contributed by atoms with E-state index in [1.807, 2.05) is 0 Å². The molecule has 0 radical (unpaired) electrons. The van der Waals surface area contributed by atoms with Crippen molar-refractivity contribution in [3.05, 3.63) is 0 Å². The zero-order chi connectivity index (χ0) is 12.5. The molecule has 3 heteroatoms. The van der Waals surface area contributed by atoms with Gasteiger partial charge in [-0.05, 0) is 24.7 Å². The molecule has 1 aliphatic heterocycles. The van der Waals surface area contributed by atoms with Crippen molar-refractivity contribution in [1.82, 2.24) is 4.90 Å². The minimum atomic E-state index is 0.295. The van der Waals surface area contributed by atoms with E-state index in [1.54, 1.807) is 0 Å². The molecule has 0 amide bonds. The summed E-state index contributed by atoms with van der Waals surface area (Å²) in [6.07, 6.45) is 5.38. The molecule has 3 unspecified atom stereocenters. The van der Waals surface area contributed by atoms with Crippen molar-refractivity contribution in [2.24, 2.45) is 11.1 Å². The molecule has 1 saturated heterocycles. The average Bonchev–Trinajstić information content (AvgIpc) is 2.33. The Balaban J connectivity index is 2.00. The first-order valence-electron chi connectivity index (χ1n) is 7.16. The number of hydrogen-bond acceptors (Lipinski definition) is 3. The molecule has 3 atom stereocenters. The standard InChI is InChI=1S/C14H28N2O/c1-4-11-10-16(8-9-17-11)12-6-5-7-14(2,3)13(12)15/h11-13H,4-10,15H2,1-3H3. The Morgan fingerprint density at radius 3 is 2.88 bits per heavy atom. The Bertz CT molecular complexity index is 255. The van der Waals surface area contributed by atoms with E-state index < -0.39 is 0 Å². The van der Waals surface area contributed by atoms with E-state index in [9.17, 15) is 0 Å². The van der Waals surface area contributed by atoms with Crippen LogP contribution in [0.15, 0.2) is 0 Å². The maximum absolute atomic E-state index is 6.49. The van der Waals surface area contributed by atoms with Gasteiger partial charge in [0.2, 0.25) is 0 Å². The molecular weight excluding hydrogens is 212 g/mol. The second kappa shape index (κ2) is 5.25. The quantitative estimate of drug-likeness (QED) is 0.802. The lowest BCUT2D eigenvalue weighted by atomic mass is 9.70. The molecule has 1 heterocycles. The Labute approximate surface area is 106 Å². The fourth-order valence-electron chi connectivity index (χ4n) is 3.33. The van der Waals surface area contributed by atoms with Crippen molar-refractivity contribution >= 4 is 0 Å². The molecule has 0 bridgehead atoms. The summed E-state index contributed by atoms with van der Waals surface area (Å²) in [4.78, 5) is 2.59. The number of morpholine rings is 1. The van der Waals surface area contributed by atoms with E-state index in [0.29, 0.717) is 23.6 Å². The Morgan fingerprint density at radius 1 is 1.41 bits per heavy atom. The highest BCUT2D eigenvalue weighted by Crippen LogP contribution is 2.37. The molecule has 100 valence electrons. The molecule has 17 heavy (non-hydrogen) atoms. The van der Waals surface area contributed by atoms with Crippen LogP contribution in [0.4, 0.5) is 0 Å². The molecule has 2 rings (SSSR count). The number of nitrogens with zero attached hydrogens (tertiary/aromatic N) is 1. The summed E-state index contributed by atoms with van der Waals surface area (Å²) in [5, 5.41) is 0. The minimum Gasteiger partial charge on any atom is -0.376 e. The zero-order valence-electron chi connectivity index (χ0n) is 11.6. The van der Waals surface area contributed by atoms with Crippen LogP contribution in [-0.4, -0.2) is 42.8 Å². The first-order valence-corrected chi connectivity index (χ1v) is 7.16. The number of rotatable bonds is 2. The zero-order valence-corrected chi connectivity index (χ0v) is 11.6. The summed E-state index contributed by atoms with van der Waals surface area (Å²) in [7, 11) is 0. The second-order valence-electron chi connectivity index (χ2n) is 6.37. The molecule has 0 spiro atoms. The van der Waals surface area contributed by atoms with Crippen LogP contribution in [0, 0.1) is 5.41 Å². The highest BCUT2D eigenvalue weighted by atomic mass is 16.5. The molecule has 0 aromatic heterocycles. The average molecular weight is 240 g/mol. The van der Waals surface area contributed by atoms with Gasteiger partial charge in [0.05, 0.1) is 12.7 Å². The minimum absolute atomic E-state index is 0.295. The molecule has 2 fully saturated rings. The maximum atomic E-state index is 6.49. The van der Waals surface area contributed by atoms with E-state index in [-0.39, 0.29) is 0 Å². The van der Waals surface area contributed by atoms with Gasteiger partial charge in [0.15, 0.2) is 0 Å². The van der Waals surface area contributed by atoms with Crippen molar-refractivity contribution in [1.29, 1.82) is 0 Å². The van der Waals surface area contributed by atoms with E-state index >= 15 is 0 Å². The van der Waals surface area contributed by atoms with Crippen molar-refractivity contribution in [3.8, 4) is 0 Å². The molecule has 1 aliphatic carbocycles. The van der Waals surface area contributed by atoms with Crippen LogP contribution in [0.25, 0.3) is 0 Å². The van der Waals surface area contributed by atoms with Gasteiger partial charge in [-0.25, -0.2) is 0 Å². The second-order valence-corrected chi connectivity index (χ2v) is 6.37. The SMILES string of the molecule is CCC1CN(C2CCCC(C)(C)C2N)CCO1. The van der Waals surface area contributed by atoms with Crippen molar-refractivity contribution in [2.45, 2.75) is 64.6 Å². The topological polar surface area (TPSA) is 38.5 Å². The number of nitrogens with two attached hydrogens (primary N) is 1. The predicted octanol–water partition coefficient (Wildman–Crippen LogP) is 2.00. The van der Waals surface area contributed by atoms with E-state index in [2.05, 4.69) is 25.7 Å². The third-order valence-corrected chi connectivity index (χ3v) is 4.73. The van der Waals surface area contributed by atoms with Crippen LogP contribution in [-0.2, 0) is 4.74 Å². The summed E-state index contributed by atoms with van der Waals surface area (Å²) >= 11 is 0. The lowest BCUT2D eigenvalue weighted by molar-refractivity contribution is -0.0617. The molecule has 3 nitrogen and oxygen atoms in total. The normalized spacial score (nSPS) is 39.2. The van der Waals surface area contributed by atoms with Crippen LogP contribution in [0.5, 0.6) is 0 Å². The highest BCUT2D eigenvalue weighted by Gasteiger charge is 2.40. The molecule has 2 N–H and O–H groups in total. The van der Waals surface area contributed by atoms with E-state index in [1.165, 1.54) is 19.3 Å². The molecule has 0 aromatic carbocycles. The Kier molecular flexibility index (Phi) is 4.11.